The van der Waals surface area contributed by atoms with E-state index in [9.17, 15) is 4.79 Å². The number of halogens is 1. The number of fused-ring (bicyclic) bond motifs is 1. The number of rotatable bonds is 1. The molecule has 0 saturated carbocycles. The number of benzene rings is 1. The average Bonchev–Trinajstić information content (AvgIpc) is 2.20. The summed E-state index contributed by atoms with van der Waals surface area (Å²) in [5.41, 5.74) is 0.479. The zero-order valence-electron chi connectivity index (χ0n) is 8.12. The maximum absolute atomic E-state index is 11.6. The molecule has 1 heterocycles. The van der Waals surface area contributed by atoms with Crippen LogP contribution in [0.4, 0.5) is 0 Å². The van der Waals surface area contributed by atoms with Crippen molar-refractivity contribution < 1.29 is 0 Å². The average molecular weight is 221 g/mol. The molecular formula is C11H9ClN2O. The molecule has 76 valence electrons. The molecule has 3 nitrogen and oxygen atoms in total. The van der Waals surface area contributed by atoms with Crippen molar-refractivity contribution >= 4 is 28.6 Å². The minimum Gasteiger partial charge on any atom is -0.306 e. The monoisotopic (exact) mass is 220 g/mol. The minimum atomic E-state index is -0.171. The molecule has 1 aromatic heterocycles. The Hall–Kier alpha value is -1.61. The van der Waals surface area contributed by atoms with E-state index in [0.717, 1.165) is 0 Å². The molecule has 0 aliphatic rings. The van der Waals surface area contributed by atoms with Gasteiger partial charge < -0.3 is 4.98 Å². The fourth-order valence-electron chi connectivity index (χ4n) is 1.37. The molecular weight excluding hydrogens is 212 g/mol. The standard InChI is InChI=1S/C11H9ClN2O/c1-2-3-10-13-9-5-4-7(12)6-8(9)11(15)14-10/h2-6H,1H3,(H,13,14,15)/b3-2+. The Balaban J connectivity index is 2.78. The van der Waals surface area contributed by atoms with Crippen molar-refractivity contribution in [3.8, 4) is 0 Å². The van der Waals surface area contributed by atoms with Crippen LogP contribution in [0.2, 0.25) is 5.02 Å². The highest BCUT2D eigenvalue weighted by Gasteiger charge is 2.02. The summed E-state index contributed by atoms with van der Waals surface area (Å²) in [4.78, 5) is 18.6. The second kappa shape index (κ2) is 3.87. The predicted octanol–water partition coefficient (Wildman–Crippen LogP) is 2.61. The summed E-state index contributed by atoms with van der Waals surface area (Å²) in [7, 11) is 0. The van der Waals surface area contributed by atoms with Crippen LogP contribution >= 0.6 is 11.6 Å². The van der Waals surface area contributed by atoms with E-state index in [0.29, 0.717) is 21.7 Å². The Bertz CT molecular complexity index is 587. The second-order valence-corrected chi connectivity index (χ2v) is 3.55. The van der Waals surface area contributed by atoms with Gasteiger partial charge in [-0.3, -0.25) is 4.79 Å². The van der Waals surface area contributed by atoms with Crippen molar-refractivity contribution in [3.63, 3.8) is 0 Å². The third-order valence-electron chi connectivity index (χ3n) is 2.01. The molecule has 0 spiro atoms. The molecule has 2 rings (SSSR count). The van der Waals surface area contributed by atoms with E-state index in [1.54, 1.807) is 24.3 Å². The van der Waals surface area contributed by atoms with E-state index in [4.69, 9.17) is 11.6 Å². The summed E-state index contributed by atoms with van der Waals surface area (Å²) in [5.74, 6) is 0.553. The topological polar surface area (TPSA) is 45.8 Å². The highest BCUT2D eigenvalue weighted by molar-refractivity contribution is 6.31. The van der Waals surface area contributed by atoms with Crippen LogP contribution in [0, 0.1) is 0 Å². The van der Waals surface area contributed by atoms with Gasteiger partial charge in [-0.15, -0.1) is 0 Å². The number of allylic oxidation sites excluding steroid dienone is 1. The largest absolute Gasteiger partial charge is 0.306 e. The number of aromatic amines is 1. The zero-order valence-corrected chi connectivity index (χ0v) is 8.88. The van der Waals surface area contributed by atoms with Crippen LogP contribution in [0.25, 0.3) is 17.0 Å². The molecule has 0 fully saturated rings. The summed E-state index contributed by atoms with van der Waals surface area (Å²) in [6, 6.07) is 5.07. The minimum absolute atomic E-state index is 0.171. The summed E-state index contributed by atoms with van der Waals surface area (Å²) in [5, 5.41) is 1.05. The molecule has 4 heteroatoms. The lowest BCUT2D eigenvalue weighted by Gasteiger charge is -1.98. The number of hydrogen-bond acceptors (Lipinski definition) is 2. The van der Waals surface area contributed by atoms with Crippen LogP contribution in [-0.2, 0) is 0 Å². The van der Waals surface area contributed by atoms with Crippen LogP contribution in [0.1, 0.15) is 12.7 Å². The summed E-state index contributed by atoms with van der Waals surface area (Å²) >= 11 is 5.80. The molecule has 0 bridgehead atoms. The van der Waals surface area contributed by atoms with Gasteiger partial charge in [0.05, 0.1) is 10.9 Å². The van der Waals surface area contributed by atoms with Crippen LogP contribution in [-0.4, -0.2) is 9.97 Å². The van der Waals surface area contributed by atoms with Gasteiger partial charge in [-0.2, -0.15) is 0 Å². The summed E-state index contributed by atoms with van der Waals surface area (Å²) in [6.45, 7) is 1.87. The van der Waals surface area contributed by atoms with E-state index in [1.165, 1.54) is 0 Å². The van der Waals surface area contributed by atoms with Crippen molar-refractivity contribution in [3.05, 3.63) is 45.5 Å². The first-order chi connectivity index (χ1) is 7.20. The van der Waals surface area contributed by atoms with Crippen molar-refractivity contribution in [2.24, 2.45) is 0 Å². The van der Waals surface area contributed by atoms with E-state index in [-0.39, 0.29) is 5.56 Å². The van der Waals surface area contributed by atoms with E-state index >= 15 is 0 Å². The van der Waals surface area contributed by atoms with Crippen molar-refractivity contribution in [1.82, 2.24) is 9.97 Å². The molecule has 0 aliphatic heterocycles. The van der Waals surface area contributed by atoms with Gasteiger partial charge in [0.15, 0.2) is 0 Å². The van der Waals surface area contributed by atoms with Gasteiger partial charge in [-0.25, -0.2) is 4.98 Å². The smallest absolute Gasteiger partial charge is 0.259 e. The molecule has 2 aromatic rings. The Morgan fingerprint density at radius 3 is 3.00 bits per heavy atom. The van der Waals surface area contributed by atoms with Crippen LogP contribution < -0.4 is 5.56 Å². The highest BCUT2D eigenvalue weighted by Crippen LogP contribution is 2.14. The molecule has 0 unspecified atom stereocenters. The van der Waals surface area contributed by atoms with Crippen molar-refractivity contribution in [1.29, 1.82) is 0 Å². The first-order valence-electron chi connectivity index (χ1n) is 4.53. The number of aromatic nitrogens is 2. The van der Waals surface area contributed by atoms with Gasteiger partial charge in [-0.1, -0.05) is 17.7 Å². The van der Waals surface area contributed by atoms with Crippen molar-refractivity contribution in [2.75, 3.05) is 0 Å². The zero-order chi connectivity index (χ0) is 10.8. The molecule has 0 atom stereocenters. The van der Waals surface area contributed by atoms with Crippen LogP contribution in [0.3, 0.4) is 0 Å². The van der Waals surface area contributed by atoms with Crippen LogP contribution in [0.5, 0.6) is 0 Å². The van der Waals surface area contributed by atoms with E-state index < -0.39 is 0 Å². The third-order valence-corrected chi connectivity index (χ3v) is 2.25. The SMILES string of the molecule is C/C=C/c1nc2ccc(Cl)cc2c(=O)[nH]1. The maximum atomic E-state index is 11.6. The first-order valence-corrected chi connectivity index (χ1v) is 4.91. The Morgan fingerprint density at radius 1 is 1.47 bits per heavy atom. The number of nitrogens with zero attached hydrogens (tertiary/aromatic N) is 1. The van der Waals surface area contributed by atoms with Gasteiger partial charge in [0.2, 0.25) is 0 Å². The lowest BCUT2D eigenvalue weighted by atomic mass is 10.2. The Labute approximate surface area is 91.4 Å². The lowest BCUT2D eigenvalue weighted by Crippen LogP contribution is -2.09. The molecule has 0 aliphatic carbocycles. The fraction of sp³-hybridized carbons (Fsp3) is 0.0909. The maximum Gasteiger partial charge on any atom is 0.259 e. The van der Waals surface area contributed by atoms with Crippen molar-refractivity contribution in [2.45, 2.75) is 6.92 Å². The van der Waals surface area contributed by atoms with Crippen LogP contribution in [0.15, 0.2) is 29.1 Å². The number of H-pyrrole nitrogens is 1. The van der Waals surface area contributed by atoms with Gasteiger partial charge in [0.1, 0.15) is 5.82 Å². The fourth-order valence-corrected chi connectivity index (χ4v) is 1.54. The Morgan fingerprint density at radius 2 is 2.27 bits per heavy atom. The van der Waals surface area contributed by atoms with Gasteiger partial charge >= 0.3 is 0 Å². The van der Waals surface area contributed by atoms with Gasteiger partial charge in [0.25, 0.3) is 5.56 Å². The lowest BCUT2D eigenvalue weighted by molar-refractivity contribution is 1.14. The predicted molar refractivity (Wildman–Crippen MR) is 62.1 cm³/mol. The molecule has 1 aromatic carbocycles. The second-order valence-electron chi connectivity index (χ2n) is 3.11. The van der Waals surface area contributed by atoms with E-state index in [1.807, 2.05) is 13.0 Å². The normalized spacial score (nSPS) is 11.3. The van der Waals surface area contributed by atoms with Gasteiger partial charge in [0, 0.05) is 5.02 Å². The van der Waals surface area contributed by atoms with Gasteiger partial charge in [-0.05, 0) is 31.2 Å². The molecule has 1 N–H and O–H groups in total. The highest BCUT2D eigenvalue weighted by atomic mass is 35.5. The summed E-state index contributed by atoms with van der Waals surface area (Å²) < 4.78 is 0. The quantitative estimate of drug-likeness (QED) is 0.803. The first kappa shape index (κ1) is 9.93. The van der Waals surface area contributed by atoms with E-state index in [2.05, 4.69) is 9.97 Å². The molecule has 0 radical (unpaired) electrons. The molecule has 0 saturated heterocycles. The number of hydrogen-bond donors (Lipinski definition) is 1. The Kier molecular flexibility index (Phi) is 2.56. The third kappa shape index (κ3) is 1.92. The summed E-state index contributed by atoms with van der Waals surface area (Å²) in [6.07, 6.45) is 3.56. The molecule has 0 amide bonds. The number of nitrogens with one attached hydrogen (secondary N) is 1. The molecule has 15 heavy (non-hydrogen) atoms.